The van der Waals surface area contributed by atoms with Crippen molar-refractivity contribution in [3.63, 3.8) is 0 Å². The highest BCUT2D eigenvalue weighted by molar-refractivity contribution is 6.31. The third kappa shape index (κ3) is 3.91. The quantitative estimate of drug-likeness (QED) is 0.820. The van der Waals surface area contributed by atoms with E-state index in [2.05, 4.69) is 0 Å². The number of carbonyl (C=O) groups is 2. The molecule has 2 aromatic rings. The van der Waals surface area contributed by atoms with Crippen LogP contribution in [0.3, 0.4) is 0 Å². The molecule has 5 heteroatoms. The lowest BCUT2D eigenvalue weighted by atomic mass is 10.1. The van der Waals surface area contributed by atoms with Crippen molar-refractivity contribution in [3.05, 3.63) is 64.7 Å². The maximum Gasteiger partial charge on any atom is 0.249 e. The molecule has 136 valence electrons. The van der Waals surface area contributed by atoms with E-state index in [4.69, 9.17) is 11.6 Å². The van der Waals surface area contributed by atoms with Gasteiger partial charge in [0.25, 0.3) is 0 Å². The van der Waals surface area contributed by atoms with Gasteiger partial charge in [0.05, 0.1) is 0 Å². The highest BCUT2D eigenvalue weighted by Crippen LogP contribution is 2.26. The first-order chi connectivity index (χ1) is 12.5. The summed E-state index contributed by atoms with van der Waals surface area (Å²) in [7, 11) is 0. The molecule has 1 aliphatic heterocycles. The highest BCUT2D eigenvalue weighted by Gasteiger charge is 2.34. The van der Waals surface area contributed by atoms with Crippen LogP contribution in [0.1, 0.15) is 24.5 Å². The van der Waals surface area contributed by atoms with Crippen LogP contribution in [0, 0.1) is 6.92 Å². The molecular formula is C21H23ClN2O2. The summed E-state index contributed by atoms with van der Waals surface area (Å²) >= 11 is 6.19. The molecule has 1 aliphatic rings. The van der Waals surface area contributed by atoms with Gasteiger partial charge in [-0.25, -0.2) is 0 Å². The zero-order valence-corrected chi connectivity index (χ0v) is 15.9. The Morgan fingerprint density at radius 2 is 1.88 bits per heavy atom. The van der Waals surface area contributed by atoms with E-state index in [-0.39, 0.29) is 11.8 Å². The molecule has 0 radical (unpaired) electrons. The summed E-state index contributed by atoms with van der Waals surface area (Å²) in [6, 6.07) is 15.1. The van der Waals surface area contributed by atoms with Crippen LogP contribution in [0.2, 0.25) is 5.02 Å². The second-order valence-electron chi connectivity index (χ2n) is 6.67. The summed E-state index contributed by atoms with van der Waals surface area (Å²) in [5.74, 6) is -0.0412. The van der Waals surface area contributed by atoms with Crippen LogP contribution in [0.4, 0.5) is 5.69 Å². The van der Waals surface area contributed by atoms with Gasteiger partial charge in [-0.1, -0.05) is 48.0 Å². The summed E-state index contributed by atoms with van der Waals surface area (Å²) in [6.07, 6.45) is 1.10. The fourth-order valence-corrected chi connectivity index (χ4v) is 3.43. The molecule has 0 unspecified atom stereocenters. The molecule has 0 aromatic heterocycles. The number of carbonyl (C=O) groups excluding carboxylic acids is 2. The number of aryl methyl sites for hydroxylation is 2. The smallest absolute Gasteiger partial charge is 0.249 e. The second-order valence-corrected chi connectivity index (χ2v) is 7.08. The van der Waals surface area contributed by atoms with Crippen LogP contribution in [0.5, 0.6) is 0 Å². The molecule has 1 atom stereocenters. The minimum absolute atomic E-state index is 0.0243. The second kappa shape index (κ2) is 7.92. The van der Waals surface area contributed by atoms with Gasteiger partial charge in [0.15, 0.2) is 0 Å². The van der Waals surface area contributed by atoms with Crippen molar-refractivity contribution >= 4 is 29.1 Å². The first-order valence-electron chi connectivity index (χ1n) is 8.88. The Morgan fingerprint density at radius 1 is 1.15 bits per heavy atom. The normalized spacial score (nSPS) is 17.5. The van der Waals surface area contributed by atoms with E-state index in [1.165, 1.54) is 0 Å². The topological polar surface area (TPSA) is 40.6 Å². The Labute approximate surface area is 159 Å². The van der Waals surface area contributed by atoms with E-state index in [0.29, 0.717) is 31.0 Å². The SMILES string of the molecule is Cc1ccc(N2CCN(C(=O)CCc3ccccc3)[C@@H](C)C2=O)cc1Cl. The van der Waals surface area contributed by atoms with E-state index in [9.17, 15) is 9.59 Å². The van der Waals surface area contributed by atoms with Crippen molar-refractivity contribution in [2.24, 2.45) is 0 Å². The third-order valence-corrected chi connectivity index (χ3v) is 5.32. The van der Waals surface area contributed by atoms with Gasteiger partial charge in [0.1, 0.15) is 6.04 Å². The summed E-state index contributed by atoms with van der Waals surface area (Å²) in [5.41, 5.74) is 2.90. The van der Waals surface area contributed by atoms with Gasteiger partial charge in [-0.05, 0) is 43.5 Å². The monoisotopic (exact) mass is 370 g/mol. The van der Waals surface area contributed by atoms with Gasteiger partial charge in [0.2, 0.25) is 11.8 Å². The number of anilines is 1. The van der Waals surface area contributed by atoms with Crippen LogP contribution in [0.15, 0.2) is 48.5 Å². The van der Waals surface area contributed by atoms with Crippen LogP contribution in [-0.2, 0) is 16.0 Å². The lowest BCUT2D eigenvalue weighted by Gasteiger charge is -2.39. The molecule has 2 amide bonds. The number of piperazine rings is 1. The summed E-state index contributed by atoms with van der Waals surface area (Å²) in [6.45, 7) is 4.75. The lowest BCUT2D eigenvalue weighted by molar-refractivity contribution is -0.140. The van der Waals surface area contributed by atoms with Crippen molar-refractivity contribution in [2.45, 2.75) is 32.7 Å². The van der Waals surface area contributed by atoms with E-state index < -0.39 is 6.04 Å². The number of rotatable bonds is 4. The standard InChI is InChI=1S/C21H23ClN2O2/c1-15-8-10-18(14-19(15)22)24-13-12-23(16(2)21(24)26)20(25)11-9-17-6-4-3-5-7-17/h3-8,10,14,16H,9,11-13H2,1-2H3/t16-/m0/s1. The predicted octanol–water partition coefficient (Wildman–Crippen LogP) is 3.84. The Hall–Kier alpha value is -2.33. The molecule has 1 heterocycles. The number of halogens is 1. The molecule has 4 nitrogen and oxygen atoms in total. The van der Waals surface area contributed by atoms with E-state index in [1.54, 1.807) is 16.7 Å². The number of hydrogen-bond acceptors (Lipinski definition) is 2. The molecule has 1 saturated heterocycles. The largest absolute Gasteiger partial charge is 0.329 e. The van der Waals surface area contributed by atoms with Gasteiger partial charge in [0, 0.05) is 30.2 Å². The van der Waals surface area contributed by atoms with Crippen molar-refractivity contribution < 1.29 is 9.59 Å². The first-order valence-corrected chi connectivity index (χ1v) is 9.26. The Morgan fingerprint density at radius 3 is 2.58 bits per heavy atom. The van der Waals surface area contributed by atoms with Crippen LogP contribution in [0.25, 0.3) is 0 Å². The van der Waals surface area contributed by atoms with Crippen LogP contribution < -0.4 is 4.90 Å². The summed E-state index contributed by atoms with van der Waals surface area (Å²) < 4.78 is 0. The Bertz CT molecular complexity index is 807. The van der Waals surface area contributed by atoms with E-state index >= 15 is 0 Å². The zero-order chi connectivity index (χ0) is 18.7. The minimum Gasteiger partial charge on any atom is -0.329 e. The van der Waals surface area contributed by atoms with Gasteiger partial charge in [-0.2, -0.15) is 0 Å². The van der Waals surface area contributed by atoms with Crippen LogP contribution >= 0.6 is 11.6 Å². The Kier molecular flexibility index (Phi) is 5.62. The van der Waals surface area contributed by atoms with E-state index in [0.717, 1.165) is 16.8 Å². The van der Waals surface area contributed by atoms with Crippen molar-refractivity contribution in [2.75, 3.05) is 18.0 Å². The fourth-order valence-electron chi connectivity index (χ4n) is 3.26. The average Bonchev–Trinajstić information content (AvgIpc) is 2.65. The fraction of sp³-hybridized carbons (Fsp3) is 0.333. The highest BCUT2D eigenvalue weighted by atomic mass is 35.5. The maximum absolute atomic E-state index is 12.8. The van der Waals surface area contributed by atoms with Crippen LogP contribution in [-0.4, -0.2) is 35.8 Å². The van der Waals surface area contributed by atoms with Crippen molar-refractivity contribution in [3.8, 4) is 0 Å². The lowest BCUT2D eigenvalue weighted by Crippen LogP contribution is -2.57. The molecule has 0 saturated carbocycles. The summed E-state index contributed by atoms with van der Waals surface area (Å²) in [4.78, 5) is 28.8. The van der Waals surface area contributed by atoms with Gasteiger partial charge < -0.3 is 9.80 Å². The predicted molar refractivity (Wildman–Crippen MR) is 104 cm³/mol. The number of amides is 2. The molecule has 0 N–H and O–H groups in total. The summed E-state index contributed by atoms with van der Waals surface area (Å²) in [5, 5.41) is 0.643. The molecular weight excluding hydrogens is 348 g/mol. The van der Waals surface area contributed by atoms with Gasteiger partial charge in [-0.3, -0.25) is 9.59 Å². The molecule has 0 spiro atoms. The van der Waals surface area contributed by atoms with Crippen molar-refractivity contribution in [1.29, 1.82) is 0 Å². The average molecular weight is 371 g/mol. The zero-order valence-electron chi connectivity index (χ0n) is 15.1. The molecule has 3 rings (SSSR count). The molecule has 2 aromatic carbocycles. The number of hydrogen-bond donors (Lipinski definition) is 0. The molecule has 0 aliphatic carbocycles. The molecule has 0 bridgehead atoms. The maximum atomic E-state index is 12.8. The van der Waals surface area contributed by atoms with Gasteiger partial charge >= 0.3 is 0 Å². The third-order valence-electron chi connectivity index (χ3n) is 4.91. The molecule has 1 fully saturated rings. The van der Waals surface area contributed by atoms with Crippen molar-refractivity contribution in [1.82, 2.24) is 4.90 Å². The number of nitrogens with zero attached hydrogens (tertiary/aromatic N) is 2. The minimum atomic E-state index is -0.466. The number of benzene rings is 2. The van der Waals surface area contributed by atoms with E-state index in [1.807, 2.05) is 55.5 Å². The van der Waals surface area contributed by atoms with Gasteiger partial charge in [-0.15, -0.1) is 0 Å². The Balaban J connectivity index is 1.65. The first kappa shape index (κ1) is 18.5. The molecule has 26 heavy (non-hydrogen) atoms.